The average Bonchev–Trinajstić information content (AvgIpc) is 2.68. The molecule has 0 aliphatic heterocycles. The van der Waals surface area contributed by atoms with Crippen LogP contribution in [0.3, 0.4) is 0 Å². The van der Waals surface area contributed by atoms with Gasteiger partial charge >= 0.3 is 0 Å². The smallest absolute Gasteiger partial charge is 0.0240 e. The maximum Gasteiger partial charge on any atom is 0.0240 e. The fraction of sp³-hybridized carbons (Fsp3) is 0.120. The fourth-order valence-corrected chi connectivity index (χ4v) is 3.47. The summed E-state index contributed by atoms with van der Waals surface area (Å²) >= 11 is 0. The van der Waals surface area contributed by atoms with E-state index in [1.54, 1.807) is 0 Å². The summed E-state index contributed by atoms with van der Waals surface area (Å²) in [5, 5.41) is 5.24. The highest BCUT2D eigenvalue weighted by Crippen LogP contribution is 2.20. The van der Waals surface area contributed by atoms with Gasteiger partial charge in [-0.3, -0.25) is 4.90 Å². The minimum Gasteiger partial charge on any atom is -0.298 e. The van der Waals surface area contributed by atoms with Gasteiger partial charge in [0.15, 0.2) is 0 Å². The molecule has 0 aliphatic carbocycles. The molecule has 0 aromatic heterocycles. The van der Waals surface area contributed by atoms with Crippen LogP contribution < -0.4 is 0 Å². The maximum atomic E-state index is 2.35. The molecule has 1 nitrogen and oxygen atoms in total. The van der Waals surface area contributed by atoms with Crippen LogP contribution in [0.15, 0.2) is 91.0 Å². The zero-order valence-corrected chi connectivity index (χ0v) is 15.1. The molecule has 0 N–H and O–H groups in total. The molecule has 0 saturated heterocycles. The van der Waals surface area contributed by atoms with Crippen LogP contribution >= 0.6 is 0 Å². The SMILES string of the molecule is CN(CC=Cc1ccc2ccccc2c1)Cc1cccc2ccccc12. The lowest BCUT2D eigenvalue weighted by atomic mass is 10.0. The first-order valence-corrected chi connectivity index (χ1v) is 9.10. The van der Waals surface area contributed by atoms with E-state index in [1.165, 1.54) is 32.7 Å². The molecule has 0 radical (unpaired) electrons. The Hall–Kier alpha value is -2.90. The van der Waals surface area contributed by atoms with Crippen LogP contribution in [-0.2, 0) is 6.54 Å². The number of rotatable bonds is 5. The maximum absolute atomic E-state index is 2.35. The van der Waals surface area contributed by atoms with Gasteiger partial charge < -0.3 is 0 Å². The van der Waals surface area contributed by atoms with E-state index in [4.69, 9.17) is 0 Å². The van der Waals surface area contributed by atoms with Crippen molar-refractivity contribution in [1.29, 1.82) is 0 Å². The lowest BCUT2D eigenvalue weighted by Crippen LogP contribution is -2.17. The Bertz CT molecular complexity index is 1060. The quantitative estimate of drug-likeness (QED) is 0.423. The molecule has 0 fully saturated rings. The van der Waals surface area contributed by atoms with Gasteiger partial charge in [0.05, 0.1) is 0 Å². The molecule has 26 heavy (non-hydrogen) atoms. The Kier molecular flexibility index (Phi) is 4.81. The Labute approximate surface area is 155 Å². The topological polar surface area (TPSA) is 3.24 Å². The monoisotopic (exact) mass is 337 g/mol. The highest BCUT2D eigenvalue weighted by Gasteiger charge is 2.03. The van der Waals surface area contributed by atoms with Gasteiger partial charge in [0, 0.05) is 13.1 Å². The fourth-order valence-electron chi connectivity index (χ4n) is 3.47. The minimum absolute atomic E-state index is 0.927. The van der Waals surface area contributed by atoms with E-state index in [-0.39, 0.29) is 0 Å². The van der Waals surface area contributed by atoms with E-state index in [9.17, 15) is 0 Å². The molecule has 0 amide bonds. The van der Waals surface area contributed by atoms with Crippen LogP contribution in [0.4, 0.5) is 0 Å². The largest absolute Gasteiger partial charge is 0.298 e. The summed E-state index contributed by atoms with van der Waals surface area (Å²) in [4.78, 5) is 2.35. The van der Waals surface area contributed by atoms with Crippen LogP contribution in [0.5, 0.6) is 0 Å². The van der Waals surface area contributed by atoms with Gasteiger partial charge in [-0.05, 0) is 45.8 Å². The van der Waals surface area contributed by atoms with Crippen molar-refractivity contribution in [3.8, 4) is 0 Å². The highest BCUT2D eigenvalue weighted by atomic mass is 15.1. The third-order valence-corrected chi connectivity index (χ3v) is 4.82. The molecular weight excluding hydrogens is 314 g/mol. The van der Waals surface area contributed by atoms with Gasteiger partial charge in [-0.1, -0.05) is 91.0 Å². The molecule has 4 rings (SSSR count). The summed E-state index contributed by atoms with van der Waals surface area (Å²) in [7, 11) is 2.17. The molecule has 0 atom stereocenters. The van der Waals surface area contributed by atoms with Gasteiger partial charge in [0.1, 0.15) is 0 Å². The van der Waals surface area contributed by atoms with E-state index < -0.39 is 0 Å². The average molecular weight is 337 g/mol. The predicted octanol–water partition coefficient (Wildman–Crippen LogP) is 6.14. The zero-order chi connectivity index (χ0) is 17.8. The molecule has 0 spiro atoms. The molecule has 0 heterocycles. The number of hydrogen-bond acceptors (Lipinski definition) is 1. The molecular formula is C25H23N. The normalized spacial score (nSPS) is 11.8. The first-order chi connectivity index (χ1) is 12.8. The van der Waals surface area contributed by atoms with Gasteiger partial charge in [0.2, 0.25) is 0 Å². The summed E-state index contributed by atoms with van der Waals surface area (Å²) in [6.45, 7) is 1.87. The summed E-state index contributed by atoms with van der Waals surface area (Å²) in [6.07, 6.45) is 4.46. The lowest BCUT2D eigenvalue weighted by Gasteiger charge is -2.16. The van der Waals surface area contributed by atoms with E-state index in [0.29, 0.717) is 0 Å². The van der Waals surface area contributed by atoms with E-state index in [2.05, 4.69) is 109 Å². The predicted molar refractivity (Wildman–Crippen MR) is 113 cm³/mol. The molecule has 0 saturated carbocycles. The van der Waals surface area contributed by atoms with Crippen LogP contribution in [0.25, 0.3) is 27.6 Å². The van der Waals surface area contributed by atoms with Gasteiger partial charge in [-0.2, -0.15) is 0 Å². The van der Waals surface area contributed by atoms with Crippen LogP contribution in [0.2, 0.25) is 0 Å². The van der Waals surface area contributed by atoms with Crippen molar-refractivity contribution in [1.82, 2.24) is 4.90 Å². The van der Waals surface area contributed by atoms with Crippen molar-refractivity contribution in [2.45, 2.75) is 6.54 Å². The van der Waals surface area contributed by atoms with E-state index in [0.717, 1.165) is 13.1 Å². The number of nitrogens with zero attached hydrogens (tertiary/aromatic N) is 1. The van der Waals surface area contributed by atoms with Gasteiger partial charge in [-0.15, -0.1) is 0 Å². The first kappa shape index (κ1) is 16.6. The number of likely N-dealkylation sites (N-methyl/N-ethyl adjacent to an activating group) is 1. The highest BCUT2D eigenvalue weighted by molar-refractivity contribution is 5.86. The van der Waals surface area contributed by atoms with E-state index >= 15 is 0 Å². The first-order valence-electron chi connectivity index (χ1n) is 9.10. The zero-order valence-electron chi connectivity index (χ0n) is 15.1. The second-order valence-electron chi connectivity index (χ2n) is 6.84. The summed E-state index contributed by atoms with van der Waals surface area (Å²) < 4.78 is 0. The Morgan fingerprint density at radius 1 is 0.731 bits per heavy atom. The van der Waals surface area contributed by atoms with Crippen molar-refractivity contribution in [2.24, 2.45) is 0 Å². The third-order valence-electron chi connectivity index (χ3n) is 4.82. The van der Waals surface area contributed by atoms with E-state index in [1.807, 2.05) is 0 Å². The second-order valence-corrected chi connectivity index (χ2v) is 6.84. The number of hydrogen-bond donors (Lipinski definition) is 0. The molecule has 4 aromatic carbocycles. The Morgan fingerprint density at radius 3 is 2.35 bits per heavy atom. The molecule has 0 bridgehead atoms. The van der Waals surface area contributed by atoms with Crippen molar-refractivity contribution in [3.63, 3.8) is 0 Å². The second kappa shape index (κ2) is 7.55. The molecule has 0 aliphatic rings. The van der Waals surface area contributed by atoms with Crippen LogP contribution in [0.1, 0.15) is 11.1 Å². The van der Waals surface area contributed by atoms with Crippen molar-refractivity contribution in [2.75, 3.05) is 13.6 Å². The summed E-state index contributed by atoms with van der Waals surface area (Å²) in [6, 6.07) is 30.3. The molecule has 128 valence electrons. The molecule has 1 heteroatoms. The van der Waals surface area contributed by atoms with Crippen LogP contribution in [0, 0.1) is 0 Å². The van der Waals surface area contributed by atoms with Crippen molar-refractivity contribution >= 4 is 27.6 Å². The lowest BCUT2D eigenvalue weighted by molar-refractivity contribution is 0.365. The van der Waals surface area contributed by atoms with Gasteiger partial charge in [-0.25, -0.2) is 0 Å². The Morgan fingerprint density at radius 2 is 1.46 bits per heavy atom. The molecule has 0 unspecified atom stereocenters. The van der Waals surface area contributed by atoms with Gasteiger partial charge in [0.25, 0.3) is 0 Å². The van der Waals surface area contributed by atoms with Crippen molar-refractivity contribution in [3.05, 3.63) is 102 Å². The number of fused-ring (bicyclic) bond motifs is 2. The summed E-state index contributed by atoms with van der Waals surface area (Å²) in [5.74, 6) is 0. The molecule has 4 aromatic rings. The minimum atomic E-state index is 0.927. The summed E-state index contributed by atoms with van der Waals surface area (Å²) in [5.41, 5.74) is 2.63. The third kappa shape index (κ3) is 3.68. The standard InChI is InChI=1S/C25H23N/c1-26(19-24-13-6-12-22-10-4-5-14-25(22)24)17-7-8-20-15-16-21-9-2-3-11-23(21)18-20/h2-16,18H,17,19H2,1H3. The van der Waals surface area contributed by atoms with Crippen LogP contribution in [-0.4, -0.2) is 18.5 Å². The number of benzene rings is 4. The van der Waals surface area contributed by atoms with Crippen molar-refractivity contribution < 1.29 is 0 Å². The Balaban J connectivity index is 1.44.